The van der Waals surface area contributed by atoms with Gasteiger partial charge in [0.05, 0.1) is 10.6 Å². The molecule has 3 rings (SSSR count). The molecule has 3 nitrogen and oxygen atoms in total. The first-order chi connectivity index (χ1) is 10.0. The van der Waals surface area contributed by atoms with Crippen LogP contribution in [0.4, 0.5) is 4.39 Å². The lowest BCUT2D eigenvalue weighted by molar-refractivity contribution is 0.0697. The number of carbonyl (C=O) groups is 1. The number of nitrogens with zero attached hydrogens (tertiary/aromatic N) is 1. The van der Waals surface area contributed by atoms with Crippen molar-refractivity contribution in [2.24, 2.45) is 0 Å². The van der Waals surface area contributed by atoms with Crippen LogP contribution in [0.1, 0.15) is 15.9 Å². The highest BCUT2D eigenvalue weighted by molar-refractivity contribution is 6.30. The molecule has 1 aromatic heterocycles. The number of benzene rings is 2. The first-order valence-corrected chi connectivity index (χ1v) is 6.68. The smallest absolute Gasteiger partial charge is 0.335 e. The molecule has 0 unspecified atom stereocenters. The van der Waals surface area contributed by atoms with Gasteiger partial charge in [-0.2, -0.15) is 0 Å². The minimum absolute atomic E-state index is 0.0993. The molecule has 5 heteroatoms. The summed E-state index contributed by atoms with van der Waals surface area (Å²) < 4.78 is 15.4. The van der Waals surface area contributed by atoms with Gasteiger partial charge >= 0.3 is 5.97 Å². The summed E-state index contributed by atoms with van der Waals surface area (Å²) in [5.74, 6) is -1.40. The van der Waals surface area contributed by atoms with Gasteiger partial charge in [0.25, 0.3) is 0 Å². The summed E-state index contributed by atoms with van der Waals surface area (Å²) in [5.41, 5.74) is 1.94. The van der Waals surface area contributed by atoms with Crippen LogP contribution in [0.3, 0.4) is 0 Å². The molecule has 21 heavy (non-hydrogen) atoms. The van der Waals surface area contributed by atoms with Gasteiger partial charge in [0.15, 0.2) is 0 Å². The molecular weight excluding hydrogens is 293 g/mol. The molecule has 106 valence electrons. The zero-order valence-corrected chi connectivity index (χ0v) is 11.6. The Balaban J connectivity index is 1.97. The van der Waals surface area contributed by atoms with Crippen LogP contribution < -0.4 is 0 Å². The fraction of sp³-hybridized carbons (Fsp3) is 0.0625. The van der Waals surface area contributed by atoms with Crippen LogP contribution in [-0.2, 0) is 6.54 Å². The van der Waals surface area contributed by atoms with Gasteiger partial charge in [0, 0.05) is 23.6 Å². The predicted molar refractivity (Wildman–Crippen MR) is 79.4 cm³/mol. The van der Waals surface area contributed by atoms with Crippen molar-refractivity contribution in [1.29, 1.82) is 0 Å². The van der Waals surface area contributed by atoms with Gasteiger partial charge in [-0.25, -0.2) is 9.18 Å². The lowest BCUT2D eigenvalue weighted by Crippen LogP contribution is -1.99. The third kappa shape index (κ3) is 2.62. The molecule has 1 heterocycles. The summed E-state index contributed by atoms with van der Waals surface area (Å²) in [7, 11) is 0. The van der Waals surface area contributed by atoms with E-state index in [1.807, 2.05) is 16.8 Å². The number of carboxylic acids is 1. The number of aromatic nitrogens is 1. The molecule has 0 spiro atoms. The monoisotopic (exact) mass is 303 g/mol. The van der Waals surface area contributed by atoms with Gasteiger partial charge in [-0.1, -0.05) is 17.7 Å². The lowest BCUT2D eigenvalue weighted by atomic mass is 10.1. The van der Waals surface area contributed by atoms with Crippen LogP contribution in [0, 0.1) is 5.82 Å². The fourth-order valence-electron chi connectivity index (χ4n) is 2.31. The molecule has 0 radical (unpaired) electrons. The molecular formula is C16H11ClFNO2. The molecule has 0 saturated carbocycles. The average molecular weight is 304 g/mol. The van der Waals surface area contributed by atoms with E-state index in [-0.39, 0.29) is 10.6 Å². The third-order valence-corrected chi connectivity index (χ3v) is 3.66. The number of aromatic carboxylic acids is 1. The van der Waals surface area contributed by atoms with E-state index in [1.54, 1.807) is 24.3 Å². The highest BCUT2D eigenvalue weighted by Crippen LogP contribution is 2.21. The minimum atomic E-state index is -0.954. The van der Waals surface area contributed by atoms with E-state index in [0.717, 1.165) is 16.5 Å². The summed E-state index contributed by atoms with van der Waals surface area (Å²) >= 11 is 5.67. The number of fused-ring (bicyclic) bond motifs is 1. The molecule has 0 amide bonds. The van der Waals surface area contributed by atoms with Gasteiger partial charge in [-0.15, -0.1) is 0 Å². The SMILES string of the molecule is O=C(O)c1ccc2c(ccn2Cc2ccc(Cl)c(F)c2)c1. The zero-order chi connectivity index (χ0) is 15.0. The Bertz CT molecular complexity index is 841. The molecule has 0 bridgehead atoms. The van der Waals surface area contributed by atoms with Crippen molar-refractivity contribution in [2.45, 2.75) is 6.54 Å². The Hall–Kier alpha value is -2.33. The summed E-state index contributed by atoms with van der Waals surface area (Å²) in [6.07, 6.45) is 1.85. The van der Waals surface area contributed by atoms with Gasteiger partial charge in [0.1, 0.15) is 5.82 Å². The first-order valence-electron chi connectivity index (χ1n) is 6.31. The van der Waals surface area contributed by atoms with Crippen LogP contribution in [0.15, 0.2) is 48.7 Å². The summed E-state index contributed by atoms with van der Waals surface area (Å²) in [6, 6.07) is 11.5. The number of carboxylic acid groups (broad SMARTS) is 1. The summed E-state index contributed by atoms with van der Waals surface area (Å²) in [6.45, 7) is 0.490. The first kappa shape index (κ1) is 13.6. The quantitative estimate of drug-likeness (QED) is 0.788. The molecule has 3 aromatic rings. The summed E-state index contributed by atoms with van der Waals surface area (Å²) in [5, 5.41) is 9.92. The van der Waals surface area contributed by atoms with E-state index in [0.29, 0.717) is 6.54 Å². The van der Waals surface area contributed by atoms with E-state index in [1.165, 1.54) is 12.1 Å². The molecule has 2 aromatic carbocycles. The molecule has 0 aliphatic heterocycles. The topological polar surface area (TPSA) is 42.2 Å². The van der Waals surface area contributed by atoms with E-state index in [9.17, 15) is 9.18 Å². The molecule has 0 atom stereocenters. The maximum Gasteiger partial charge on any atom is 0.335 e. The Morgan fingerprint density at radius 3 is 2.71 bits per heavy atom. The Morgan fingerprint density at radius 1 is 1.19 bits per heavy atom. The predicted octanol–water partition coefficient (Wildman–Crippen LogP) is 4.18. The van der Waals surface area contributed by atoms with E-state index >= 15 is 0 Å². The summed E-state index contributed by atoms with van der Waals surface area (Å²) in [4.78, 5) is 11.0. The van der Waals surface area contributed by atoms with Crippen molar-refractivity contribution in [1.82, 2.24) is 4.57 Å². The second-order valence-electron chi connectivity index (χ2n) is 4.77. The van der Waals surface area contributed by atoms with Crippen molar-refractivity contribution in [3.05, 3.63) is 70.6 Å². The van der Waals surface area contributed by atoms with E-state index < -0.39 is 11.8 Å². The third-order valence-electron chi connectivity index (χ3n) is 3.35. The minimum Gasteiger partial charge on any atom is -0.478 e. The number of hydrogen-bond acceptors (Lipinski definition) is 1. The normalized spacial score (nSPS) is 11.0. The van der Waals surface area contributed by atoms with Crippen molar-refractivity contribution in [2.75, 3.05) is 0 Å². The Kier molecular flexibility index (Phi) is 3.39. The average Bonchev–Trinajstić information content (AvgIpc) is 2.85. The number of halogens is 2. The molecule has 0 aliphatic rings. The van der Waals surface area contributed by atoms with Crippen molar-refractivity contribution < 1.29 is 14.3 Å². The van der Waals surface area contributed by atoms with Crippen molar-refractivity contribution >= 4 is 28.5 Å². The molecule has 0 aliphatic carbocycles. The lowest BCUT2D eigenvalue weighted by Gasteiger charge is -2.07. The van der Waals surface area contributed by atoms with Gasteiger partial charge in [0.2, 0.25) is 0 Å². The van der Waals surface area contributed by atoms with Crippen LogP contribution >= 0.6 is 11.6 Å². The van der Waals surface area contributed by atoms with E-state index in [4.69, 9.17) is 16.7 Å². The van der Waals surface area contributed by atoms with Gasteiger partial charge in [-0.3, -0.25) is 0 Å². The van der Waals surface area contributed by atoms with Gasteiger partial charge < -0.3 is 9.67 Å². The molecule has 1 N–H and O–H groups in total. The largest absolute Gasteiger partial charge is 0.478 e. The van der Waals surface area contributed by atoms with Crippen molar-refractivity contribution in [3.63, 3.8) is 0 Å². The van der Waals surface area contributed by atoms with Crippen molar-refractivity contribution in [3.8, 4) is 0 Å². The maximum absolute atomic E-state index is 13.5. The van der Waals surface area contributed by atoms with Gasteiger partial charge in [-0.05, 0) is 42.0 Å². The van der Waals surface area contributed by atoms with Crippen LogP contribution in [0.25, 0.3) is 10.9 Å². The zero-order valence-electron chi connectivity index (χ0n) is 10.9. The fourth-order valence-corrected chi connectivity index (χ4v) is 2.42. The molecule has 0 saturated heterocycles. The van der Waals surface area contributed by atoms with Crippen LogP contribution in [0.2, 0.25) is 5.02 Å². The Labute approximate surface area is 125 Å². The standard InChI is InChI=1S/C16H11ClFNO2/c17-13-3-1-10(7-14(13)18)9-19-6-5-11-8-12(16(20)21)2-4-15(11)19/h1-8H,9H2,(H,20,21). The second-order valence-corrected chi connectivity index (χ2v) is 5.18. The maximum atomic E-state index is 13.5. The highest BCUT2D eigenvalue weighted by atomic mass is 35.5. The number of hydrogen-bond donors (Lipinski definition) is 1. The molecule has 0 fully saturated rings. The highest BCUT2D eigenvalue weighted by Gasteiger charge is 2.08. The Morgan fingerprint density at radius 2 is 2.00 bits per heavy atom. The van der Waals surface area contributed by atoms with Crippen LogP contribution in [-0.4, -0.2) is 15.6 Å². The second kappa shape index (κ2) is 5.22. The van der Waals surface area contributed by atoms with Crippen LogP contribution in [0.5, 0.6) is 0 Å². The number of rotatable bonds is 3. The van der Waals surface area contributed by atoms with E-state index in [2.05, 4.69) is 0 Å².